The molecule has 3 rings (SSSR count). The van der Waals surface area contributed by atoms with Crippen molar-refractivity contribution in [3.8, 4) is 11.3 Å². The number of hydrogen-bond acceptors (Lipinski definition) is 2. The van der Waals surface area contributed by atoms with Gasteiger partial charge in [-0.05, 0) is 31.9 Å². The van der Waals surface area contributed by atoms with Crippen LogP contribution >= 0.6 is 11.6 Å². The molecule has 0 spiro atoms. The lowest BCUT2D eigenvalue weighted by Gasteiger charge is -2.07. The molecule has 1 aromatic heterocycles. The lowest BCUT2D eigenvalue weighted by atomic mass is 10.1. The Hall–Kier alpha value is -1.32. The number of benzene rings is 1. The molecule has 0 saturated heterocycles. The molecule has 0 unspecified atom stereocenters. The van der Waals surface area contributed by atoms with Gasteiger partial charge in [0.2, 0.25) is 0 Å². The molecular formula is C14H16ClN3. The maximum Gasteiger partial charge on any atom is 0.114 e. The third kappa shape index (κ3) is 1.84. The summed E-state index contributed by atoms with van der Waals surface area (Å²) < 4.78 is 0. The SMILES string of the molecule is Cc1[nH]c(C2(CN)CC2)nc1-c1ccc(Cl)cc1. The highest BCUT2D eigenvalue weighted by molar-refractivity contribution is 6.30. The largest absolute Gasteiger partial charge is 0.345 e. The van der Waals surface area contributed by atoms with Crippen molar-refractivity contribution in [2.24, 2.45) is 5.73 Å². The van der Waals surface area contributed by atoms with E-state index in [0.717, 1.165) is 40.6 Å². The highest BCUT2D eigenvalue weighted by atomic mass is 35.5. The zero-order valence-electron chi connectivity index (χ0n) is 10.3. The van der Waals surface area contributed by atoms with E-state index in [1.54, 1.807) is 0 Å². The molecule has 1 aromatic carbocycles. The fraction of sp³-hybridized carbons (Fsp3) is 0.357. The van der Waals surface area contributed by atoms with E-state index < -0.39 is 0 Å². The Labute approximate surface area is 111 Å². The van der Waals surface area contributed by atoms with Gasteiger partial charge in [-0.25, -0.2) is 4.98 Å². The summed E-state index contributed by atoms with van der Waals surface area (Å²) in [5.41, 5.74) is 9.13. The molecule has 0 aliphatic heterocycles. The maximum atomic E-state index is 5.90. The number of nitrogens with two attached hydrogens (primary N) is 1. The van der Waals surface area contributed by atoms with Gasteiger partial charge in [0.25, 0.3) is 0 Å². The molecule has 1 saturated carbocycles. The zero-order chi connectivity index (χ0) is 12.8. The Morgan fingerprint density at radius 2 is 2.00 bits per heavy atom. The van der Waals surface area contributed by atoms with Crippen LogP contribution < -0.4 is 5.73 Å². The molecule has 18 heavy (non-hydrogen) atoms. The number of aromatic nitrogens is 2. The van der Waals surface area contributed by atoms with Gasteiger partial charge in [0, 0.05) is 28.2 Å². The van der Waals surface area contributed by atoms with Gasteiger partial charge in [0.15, 0.2) is 0 Å². The molecule has 94 valence electrons. The van der Waals surface area contributed by atoms with Gasteiger partial charge in [0.1, 0.15) is 5.82 Å². The van der Waals surface area contributed by atoms with Gasteiger partial charge in [-0.1, -0.05) is 23.7 Å². The smallest absolute Gasteiger partial charge is 0.114 e. The van der Waals surface area contributed by atoms with E-state index in [1.165, 1.54) is 0 Å². The Kier molecular flexibility index (Phi) is 2.68. The molecule has 3 N–H and O–H groups in total. The number of nitrogens with zero attached hydrogens (tertiary/aromatic N) is 1. The van der Waals surface area contributed by atoms with Crippen LogP contribution in [-0.4, -0.2) is 16.5 Å². The minimum Gasteiger partial charge on any atom is -0.345 e. The molecule has 1 aliphatic carbocycles. The fourth-order valence-corrected chi connectivity index (χ4v) is 2.41. The van der Waals surface area contributed by atoms with Crippen LogP contribution in [0.25, 0.3) is 11.3 Å². The second kappa shape index (κ2) is 4.11. The quantitative estimate of drug-likeness (QED) is 0.892. The molecule has 2 aromatic rings. The van der Waals surface area contributed by atoms with Crippen LogP contribution in [0, 0.1) is 6.92 Å². The van der Waals surface area contributed by atoms with E-state index >= 15 is 0 Å². The van der Waals surface area contributed by atoms with Crippen molar-refractivity contribution in [3.05, 3.63) is 40.8 Å². The molecule has 1 aliphatic rings. The molecule has 4 heteroatoms. The van der Waals surface area contributed by atoms with Crippen LogP contribution in [0.2, 0.25) is 5.02 Å². The standard InChI is InChI=1S/C14H16ClN3/c1-9-12(10-2-4-11(15)5-3-10)18-13(17-9)14(8-16)6-7-14/h2-5H,6-8,16H2,1H3,(H,17,18). The fourth-order valence-electron chi connectivity index (χ4n) is 2.29. The third-order valence-corrected chi connectivity index (χ3v) is 4.00. The molecule has 0 bridgehead atoms. The molecule has 3 nitrogen and oxygen atoms in total. The van der Waals surface area contributed by atoms with Crippen LogP contribution in [-0.2, 0) is 5.41 Å². The third-order valence-electron chi connectivity index (χ3n) is 3.75. The number of aryl methyl sites for hydroxylation is 1. The number of rotatable bonds is 3. The predicted octanol–water partition coefficient (Wildman–Crippen LogP) is 3.03. The minimum atomic E-state index is 0.107. The van der Waals surface area contributed by atoms with Crippen molar-refractivity contribution in [2.45, 2.75) is 25.2 Å². The van der Waals surface area contributed by atoms with Gasteiger partial charge in [-0.3, -0.25) is 0 Å². The summed E-state index contributed by atoms with van der Waals surface area (Å²) in [7, 11) is 0. The number of hydrogen-bond donors (Lipinski definition) is 2. The summed E-state index contributed by atoms with van der Waals surface area (Å²) in [6, 6.07) is 7.77. The molecule has 0 radical (unpaired) electrons. The number of imidazole rings is 1. The van der Waals surface area contributed by atoms with Crippen LogP contribution in [0.4, 0.5) is 0 Å². The van der Waals surface area contributed by atoms with Gasteiger partial charge in [-0.15, -0.1) is 0 Å². The average Bonchev–Trinajstić information content (AvgIpc) is 3.08. The number of halogens is 1. The van der Waals surface area contributed by atoms with Gasteiger partial charge in [-0.2, -0.15) is 0 Å². The highest BCUT2D eigenvalue weighted by Gasteiger charge is 2.45. The molecule has 0 atom stereocenters. The van der Waals surface area contributed by atoms with Gasteiger partial charge in [0.05, 0.1) is 5.69 Å². The van der Waals surface area contributed by atoms with Crippen molar-refractivity contribution in [3.63, 3.8) is 0 Å². The van der Waals surface area contributed by atoms with Crippen LogP contribution in [0.5, 0.6) is 0 Å². The molecule has 1 fully saturated rings. The highest BCUT2D eigenvalue weighted by Crippen LogP contribution is 2.46. The Bertz CT molecular complexity index is 567. The van der Waals surface area contributed by atoms with E-state index in [4.69, 9.17) is 22.3 Å². The van der Waals surface area contributed by atoms with E-state index in [9.17, 15) is 0 Å². The summed E-state index contributed by atoms with van der Waals surface area (Å²) in [6.45, 7) is 2.72. The van der Waals surface area contributed by atoms with Crippen LogP contribution in [0.15, 0.2) is 24.3 Å². The number of H-pyrrole nitrogens is 1. The topological polar surface area (TPSA) is 54.7 Å². The lowest BCUT2D eigenvalue weighted by molar-refractivity contribution is 0.658. The Morgan fingerprint density at radius 3 is 2.56 bits per heavy atom. The summed E-state index contributed by atoms with van der Waals surface area (Å²) in [6.07, 6.45) is 2.27. The van der Waals surface area contributed by atoms with Crippen molar-refractivity contribution in [2.75, 3.05) is 6.54 Å². The zero-order valence-corrected chi connectivity index (χ0v) is 11.1. The van der Waals surface area contributed by atoms with Crippen molar-refractivity contribution < 1.29 is 0 Å². The normalized spacial score (nSPS) is 16.8. The van der Waals surface area contributed by atoms with Crippen LogP contribution in [0.1, 0.15) is 24.4 Å². The summed E-state index contributed by atoms with van der Waals surface area (Å²) in [4.78, 5) is 8.12. The summed E-state index contributed by atoms with van der Waals surface area (Å²) >= 11 is 5.90. The van der Waals surface area contributed by atoms with E-state index in [-0.39, 0.29) is 5.41 Å². The summed E-state index contributed by atoms with van der Waals surface area (Å²) in [5.74, 6) is 1.03. The first-order valence-electron chi connectivity index (χ1n) is 6.18. The van der Waals surface area contributed by atoms with Crippen molar-refractivity contribution >= 4 is 11.6 Å². The average molecular weight is 262 g/mol. The monoisotopic (exact) mass is 261 g/mol. The van der Waals surface area contributed by atoms with E-state index in [1.807, 2.05) is 31.2 Å². The second-order valence-corrected chi connectivity index (χ2v) is 5.49. The Morgan fingerprint density at radius 1 is 1.33 bits per heavy atom. The minimum absolute atomic E-state index is 0.107. The maximum absolute atomic E-state index is 5.90. The number of aromatic amines is 1. The van der Waals surface area contributed by atoms with E-state index in [2.05, 4.69) is 4.98 Å². The first-order chi connectivity index (χ1) is 8.64. The van der Waals surface area contributed by atoms with Crippen molar-refractivity contribution in [1.29, 1.82) is 0 Å². The van der Waals surface area contributed by atoms with Gasteiger partial charge < -0.3 is 10.7 Å². The molecular weight excluding hydrogens is 246 g/mol. The first kappa shape index (κ1) is 11.8. The number of nitrogens with one attached hydrogen (secondary N) is 1. The second-order valence-electron chi connectivity index (χ2n) is 5.05. The predicted molar refractivity (Wildman–Crippen MR) is 73.7 cm³/mol. The lowest BCUT2D eigenvalue weighted by Crippen LogP contribution is -2.21. The van der Waals surface area contributed by atoms with E-state index in [0.29, 0.717) is 6.54 Å². The summed E-state index contributed by atoms with van der Waals surface area (Å²) in [5, 5.41) is 0.743. The van der Waals surface area contributed by atoms with Gasteiger partial charge >= 0.3 is 0 Å². The van der Waals surface area contributed by atoms with Crippen molar-refractivity contribution in [1.82, 2.24) is 9.97 Å². The molecule has 1 heterocycles. The first-order valence-corrected chi connectivity index (χ1v) is 6.55. The van der Waals surface area contributed by atoms with Crippen LogP contribution in [0.3, 0.4) is 0 Å². The molecule has 0 amide bonds. The Balaban J connectivity index is 2.00.